The number of rotatable bonds is 8. The first-order valence-electron chi connectivity index (χ1n) is 10.6. The van der Waals surface area contributed by atoms with E-state index in [1.807, 2.05) is 0 Å². The zero-order valence-corrected chi connectivity index (χ0v) is 19.9. The Kier molecular flexibility index (Phi) is 7.15. The van der Waals surface area contributed by atoms with Gasteiger partial charge in [0.2, 0.25) is 11.8 Å². The highest BCUT2D eigenvalue weighted by molar-refractivity contribution is 8.00. The van der Waals surface area contributed by atoms with Crippen molar-refractivity contribution in [2.45, 2.75) is 16.8 Å². The van der Waals surface area contributed by atoms with E-state index in [1.165, 1.54) is 37.4 Å². The van der Waals surface area contributed by atoms with Gasteiger partial charge < -0.3 is 20.9 Å². The highest BCUT2D eigenvalue weighted by Crippen LogP contribution is 2.33. The first-order valence-corrected chi connectivity index (χ1v) is 11.5. The Morgan fingerprint density at radius 2 is 1.72 bits per heavy atom. The van der Waals surface area contributed by atoms with Crippen molar-refractivity contribution >= 4 is 52.7 Å². The largest absolute Gasteiger partial charge is 0.497 e. The van der Waals surface area contributed by atoms with E-state index >= 15 is 0 Å². The van der Waals surface area contributed by atoms with Gasteiger partial charge in [-0.3, -0.25) is 14.4 Å². The molecule has 1 unspecified atom stereocenters. The number of nitrogen functional groups attached to an aromatic ring is 2. The van der Waals surface area contributed by atoms with Crippen LogP contribution in [0.4, 0.5) is 17.3 Å². The maximum Gasteiger partial charge on any atom is 0.338 e. The number of hydrogen-bond acceptors (Lipinski definition) is 11. The van der Waals surface area contributed by atoms with Crippen LogP contribution in [0.5, 0.6) is 5.75 Å². The minimum Gasteiger partial charge on any atom is -0.497 e. The molecule has 1 aromatic heterocycles. The minimum absolute atomic E-state index is 0.0578. The predicted molar refractivity (Wildman–Crippen MR) is 132 cm³/mol. The number of ether oxygens (including phenoxy) is 2. The Morgan fingerprint density at radius 3 is 2.39 bits per heavy atom. The predicted octanol–water partition coefficient (Wildman–Crippen LogP) is 2.11. The molecule has 36 heavy (non-hydrogen) atoms. The minimum atomic E-state index is -0.744. The third-order valence-electron chi connectivity index (χ3n) is 5.19. The van der Waals surface area contributed by atoms with Crippen molar-refractivity contribution in [3.05, 3.63) is 65.7 Å². The van der Waals surface area contributed by atoms with Crippen molar-refractivity contribution in [3.8, 4) is 5.75 Å². The fourth-order valence-corrected chi connectivity index (χ4v) is 4.45. The first-order chi connectivity index (χ1) is 17.2. The molecule has 0 spiro atoms. The summed E-state index contributed by atoms with van der Waals surface area (Å²) >= 11 is 0.999. The number of nitrogens with zero attached hydrogens (tertiary/aromatic N) is 3. The zero-order valence-electron chi connectivity index (χ0n) is 19.0. The molecule has 11 nitrogen and oxygen atoms in total. The molecule has 1 fully saturated rings. The molecule has 184 valence electrons. The normalized spacial score (nSPS) is 15.1. The van der Waals surface area contributed by atoms with Crippen LogP contribution >= 0.6 is 11.8 Å². The van der Waals surface area contributed by atoms with Gasteiger partial charge >= 0.3 is 5.97 Å². The lowest BCUT2D eigenvalue weighted by molar-refractivity contribution is -0.121. The molecular weight excluding hydrogens is 486 g/mol. The number of carbonyl (C=O) groups excluding carboxylic acids is 4. The molecule has 0 radical (unpaired) electrons. The van der Waals surface area contributed by atoms with Gasteiger partial charge in [0, 0.05) is 18.1 Å². The van der Waals surface area contributed by atoms with Crippen LogP contribution in [0.3, 0.4) is 0 Å². The van der Waals surface area contributed by atoms with Crippen molar-refractivity contribution in [2.75, 3.05) is 30.1 Å². The van der Waals surface area contributed by atoms with Gasteiger partial charge in [0.05, 0.1) is 18.4 Å². The number of anilines is 3. The third-order valence-corrected chi connectivity index (χ3v) is 6.23. The number of thioether (sulfide) groups is 1. The summed E-state index contributed by atoms with van der Waals surface area (Å²) in [5.74, 6) is -1.14. The van der Waals surface area contributed by atoms with E-state index in [9.17, 15) is 19.2 Å². The Bertz CT molecular complexity index is 1330. The van der Waals surface area contributed by atoms with Crippen LogP contribution in [0.2, 0.25) is 0 Å². The fraction of sp³-hybridized carbons (Fsp3) is 0.167. The van der Waals surface area contributed by atoms with Crippen molar-refractivity contribution in [1.29, 1.82) is 0 Å². The number of ketones is 1. The first kappa shape index (κ1) is 24.7. The van der Waals surface area contributed by atoms with E-state index in [1.54, 1.807) is 24.3 Å². The topological polar surface area (TPSA) is 168 Å². The van der Waals surface area contributed by atoms with Gasteiger partial charge in [-0.25, -0.2) is 19.7 Å². The average molecular weight is 508 g/mol. The monoisotopic (exact) mass is 507 g/mol. The van der Waals surface area contributed by atoms with E-state index < -0.39 is 29.6 Å². The molecule has 2 heterocycles. The molecule has 12 heteroatoms. The van der Waals surface area contributed by atoms with Gasteiger partial charge in [-0.15, -0.1) is 0 Å². The highest BCUT2D eigenvalue weighted by Gasteiger charge is 2.40. The molecule has 2 aromatic carbocycles. The highest BCUT2D eigenvalue weighted by atomic mass is 32.2. The van der Waals surface area contributed by atoms with Crippen LogP contribution in [-0.4, -0.2) is 52.5 Å². The number of carbonyl (C=O) groups is 4. The molecular formula is C24H21N5O6S. The number of esters is 1. The summed E-state index contributed by atoms with van der Waals surface area (Å²) in [7, 11) is 1.49. The maximum absolute atomic E-state index is 12.9. The molecule has 1 aliphatic heterocycles. The zero-order chi connectivity index (χ0) is 25.8. The Balaban J connectivity index is 1.38. The lowest BCUT2D eigenvalue weighted by Gasteiger charge is -2.15. The number of benzene rings is 2. The summed E-state index contributed by atoms with van der Waals surface area (Å²) in [5.41, 5.74) is 12.1. The smallest absolute Gasteiger partial charge is 0.338 e. The van der Waals surface area contributed by atoms with E-state index in [2.05, 4.69) is 9.97 Å². The Hall–Kier alpha value is -4.45. The number of methoxy groups -OCH3 is 1. The van der Waals surface area contributed by atoms with Crippen molar-refractivity contribution < 1.29 is 28.7 Å². The number of imide groups is 1. The molecule has 4 N–H and O–H groups in total. The molecule has 1 saturated heterocycles. The van der Waals surface area contributed by atoms with E-state index in [0.29, 0.717) is 17.0 Å². The van der Waals surface area contributed by atoms with Gasteiger partial charge in [0.25, 0.3) is 0 Å². The number of nitrogens with two attached hydrogens (primary N) is 2. The molecule has 3 aromatic rings. The Morgan fingerprint density at radius 1 is 1.03 bits per heavy atom. The molecule has 0 aliphatic carbocycles. The number of hydrogen-bond donors (Lipinski definition) is 2. The molecule has 0 saturated carbocycles. The van der Waals surface area contributed by atoms with Gasteiger partial charge in [-0.1, -0.05) is 23.9 Å². The van der Waals surface area contributed by atoms with Crippen molar-refractivity contribution in [2.24, 2.45) is 0 Å². The quantitative estimate of drug-likeness (QED) is 0.198. The van der Waals surface area contributed by atoms with E-state index in [0.717, 1.165) is 16.7 Å². The summed E-state index contributed by atoms with van der Waals surface area (Å²) in [5, 5.41) is -0.548. The molecule has 1 atom stereocenters. The molecule has 2 amide bonds. The summed E-state index contributed by atoms with van der Waals surface area (Å²) in [6, 6.07) is 13.6. The average Bonchev–Trinajstić information content (AvgIpc) is 3.14. The van der Waals surface area contributed by atoms with Gasteiger partial charge in [-0.2, -0.15) is 0 Å². The summed E-state index contributed by atoms with van der Waals surface area (Å²) in [4.78, 5) is 59.3. The van der Waals surface area contributed by atoms with Gasteiger partial charge in [0.1, 0.15) is 22.6 Å². The van der Waals surface area contributed by atoms with Crippen LogP contribution in [0.25, 0.3) is 0 Å². The second-order valence-corrected chi connectivity index (χ2v) is 8.83. The standard InChI is InChI=1S/C24H21N5O6S/c1-34-16-4-2-3-14(9-16)17(30)12-35-23(33)13-5-7-15(8-6-13)29-21(31)10-18(22(29)32)36-24-27-19(25)11-20(26)28-24/h2-9,11,18H,10,12H2,1H3,(H4,25,26,27,28). The summed E-state index contributed by atoms with van der Waals surface area (Å²) in [6.07, 6.45) is -0.0578. The molecule has 0 bridgehead atoms. The van der Waals surface area contributed by atoms with Crippen LogP contribution in [0.1, 0.15) is 27.1 Å². The van der Waals surface area contributed by atoms with Crippen LogP contribution < -0.4 is 21.1 Å². The third kappa shape index (κ3) is 5.44. The maximum atomic E-state index is 12.9. The SMILES string of the molecule is COc1cccc(C(=O)COC(=O)c2ccc(N3C(=O)CC(Sc4nc(N)cc(N)n4)C3=O)cc2)c1. The number of Topliss-reactive ketones (excluding diaryl/α,β-unsaturated/α-hetero) is 1. The number of amides is 2. The van der Waals surface area contributed by atoms with Crippen LogP contribution in [-0.2, 0) is 14.3 Å². The lowest BCUT2D eigenvalue weighted by atomic mass is 10.1. The van der Waals surface area contributed by atoms with Crippen molar-refractivity contribution in [3.63, 3.8) is 0 Å². The van der Waals surface area contributed by atoms with E-state index in [4.69, 9.17) is 20.9 Å². The van der Waals surface area contributed by atoms with Gasteiger partial charge in [0.15, 0.2) is 17.5 Å². The van der Waals surface area contributed by atoms with Crippen molar-refractivity contribution in [1.82, 2.24) is 9.97 Å². The Labute approximate surface area is 209 Å². The number of aromatic nitrogens is 2. The second kappa shape index (κ2) is 10.4. The summed E-state index contributed by atoms with van der Waals surface area (Å²) < 4.78 is 10.2. The summed E-state index contributed by atoms with van der Waals surface area (Å²) in [6.45, 7) is -0.452. The van der Waals surface area contributed by atoms with Crippen LogP contribution in [0.15, 0.2) is 59.8 Å². The molecule has 1 aliphatic rings. The van der Waals surface area contributed by atoms with Gasteiger partial charge in [-0.05, 0) is 36.4 Å². The fourth-order valence-electron chi connectivity index (χ4n) is 3.45. The second-order valence-electron chi connectivity index (χ2n) is 7.66. The van der Waals surface area contributed by atoms with Crippen LogP contribution in [0, 0.1) is 0 Å². The lowest BCUT2D eigenvalue weighted by Crippen LogP contribution is -2.31. The molecule has 4 rings (SSSR count). The van der Waals surface area contributed by atoms with E-state index in [-0.39, 0.29) is 34.6 Å².